The van der Waals surface area contributed by atoms with Gasteiger partial charge in [-0.2, -0.15) is 0 Å². The van der Waals surface area contributed by atoms with Gasteiger partial charge in [0.25, 0.3) is 0 Å². The summed E-state index contributed by atoms with van der Waals surface area (Å²) >= 11 is 5.76. The van der Waals surface area contributed by atoms with Gasteiger partial charge in [0.05, 0.1) is 0 Å². The van der Waals surface area contributed by atoms with Crippen LogP contribution in [0, 0.1) is 0 Å². The van der Waals surface area contributed by atoms with Crippen molar-refractivity contribution in [1.29, 1.82) is 0 Å². The topological polar surface area (TPSA) is 0 Å². The van der Waals surface area contributed by atoms with Crippen LogP contribution < -0.4 is 0 Å². The summed E-state index contributed by atoms with van der Waals surface area (Å²) in [5, 5.41) is 0.390. The Morgan fingerprint density at radius 1 is 1.29 bits per heavy atom. The SMILES string of the molecule is C=C(Cl)C(=C)C/C(=C/C=C\C)C(=C)C(C)(C)F. The van der Waals surface area contributed by atoms with Gasteiger partial charge in [-0.05, 0) is 43.9 Å². The Balaban J connectivity index is 5.11. The van der Waals surface area contributed by atoms with Gasteiger partial charge < -0.3 is 0 Å². The molecule has 0 fully saturated rings. The lowest BCUT2D eigenvalue weighted by molar-refractivity contribution is 0.272. The Labute approximate surface area is 109 Å². The Kier molecular flexibility index (Phi) is 6.19. The maximum absolute atomic E-state index is 13.9. The number of allylic oxidation sites excluding steroid dienone is 7. The predicted octanol–water partition coefficient (Wildman–Crippen LogP) is 5.49. The molecule has 0 bridgehead atoms. The third kappa shape index (κ3) is 5.69. The second kappa shape index (κ2) is 6.61. The lowest BCUT2D eigenvalue weighted by Gasteiger charge is -2.21. The number of hydrogen-bond acceptors (Lipinski definition) is 0. The van der Waals surface area contributed by atoms with Crippen molar-refractivity contribution in [3.8, 4) is 0 Å². The summed E-state index contributed by atoms with van der Waals surface area (Å²) in [6.45, 7) is 16.1. The second-order valence-corrected chi connectivity index (χ2v) is 4.81. The molecular weight excluding hydrogens is 235 g/mol. The minimum absolute atomic E-state index is 0.390. The van der Waals surface area contributed by atoms with Crippen LogP contribution in [-0.2, 0) is 0 Å². The van der Waals surface area contributed by atoms with Crippen molar-refractivity contribution in [1.82, 2.24) is 0 Å². The van der Waals surface area contributed by atoms with E-state index in [2.05, 4.69) is 19.7 Å². The molecule has 0 aromatic heterocycles. The van der Waals surface area contributed by atoms with Gasteiger partial charge in [0.15, 0.2) is 0 Å². The summed E-state index contributed by atoms with van der Waals surface area (Å²) in [6, 6.07) is 0. The predicted molar refractivity (Wildman–Crippen MR) is 76.0 cm³/mol. The zero-order valence-corrected chi connectivity index (χ0v) is 11.6. The fraction of sp³-hybridized carbons (Fsp3) is 0.333. The van der Waals surface area contributed by atoms with Gasteiger partial charge in [-0.15, -0.1) is 0 Å². The van der Waals surface area contributed by atoms with Gasteiger partial charge in [0.2, 0.25) is 0 Å². The summed E-state index contributed by atoms with van der Waals surface area (Å²) < 4.78 is 13.9. The van der Waals surface area contributed by atoms with E-state index < -0.39 is 5.67 Å². The van der Waals surface area contributed by atoms with Crippen molar-refractivity contribution in [2.24, 2.45) is 0 Å². The highest BCUT2D eigenvalue weighted by Gasteiger charge is 2.23. The van der Waals surface area contributed by atoms with Crippen LogP contribution in [0.1, 0.15) is 27.2 Å². The largest absolute Gasteiger partial charge is 0.239 e. The van der Waals surface area contributed by atoms with Crippen LogP contribution in [0.3, 0.4) is 0 Å². The molecule has 17 heavy (non-hydrogen) atoms. The van der Waals surface area contributed by atoms with Crippen LogP contribution in [0.5, 0.6) is 0 Å². The first kappa shape index (κ1) is 15.9. The zero-order valence-electron chi connectivity index (χ0n) is 10.8. The quantitative estimate of drug-likeness (QED) is 0.550. The van der Waals surface area contributed by atoms with E-state index >= 15 is 0 Å². The first-order valence-electron chi connectivity index (χ1n) is 5.43. The summed E-state index contributed by atoms with van der Waals surface area (Å²) in [5.74, 6) is 0. The van der Waals surface area contributed by atoms with Crippen molar-refractivity contribution in [2.45, 2.75) is 32.9 Å². The highest BCUT2D eigenvalue weighted by atomic mass is 35.5. The van der Waals surface area contributed by atoms with Gasteiger partial charge in [0, 0.05) is 5.03 Å². The van der Waals surface area contributed by atoms with Crippen LogP contribution in [0.15, 0.2) is 59.7 Å². The first-order chi connectivity index (χ1) is 7.70. The van der Waals surface area contributed by atoms with Gasteiger partial charge in [-0.3, -0.25) is 0 Å². The van der Waals surface area contributed by atoms with E-state index in [0.717, 1.165) is 5.57 Å². The van der Waals surface area contributed by atoms with Gasteiger partial charge >= 0.3 is 0 Å². The van der Waals surface area contributed by atoms with E-state index in [1.807, 2.05) is 25.2 Å². The van der Waals surface area contributed by atoms with E-state index in [-0.39, 0.29) is 0 Å². The molecule has 0 rings (SSSR count). The highest BCUT2D eigenvalue weighted by Crippen LogP contribution is 2.31. The fourth-order valence-corrected chi connectivity index (χ4v) is 1.25. The van der Waals surface area contributed by atoms with Crippen LogP contribution >= 0.6 is 11.6 Å². The molecule has 0 nitrogen and oxygen atoms in total. The maximum atomic E-state index is 13.9. The van der Waals surface area contributed by atoms with Crippen LogP contribution in [0.25, 0.3) is 0 Å². The Bertz CT molecular complexity index is 378. The van der Waals surface area contributed by atoms with Gasteiger partial charge in [-0.25, -0.2) is 4.39 Å². The standard InChI is InChI=1S/C15H20ClF/c1-7-8-9-14(10-11(2)13(4)16)12(3)15(5,6)17/h7-9H,2-4,10H2,1,5-6H3/b8-7-,14-9-. The molecule has 0 saturated heterocycles. The van der Waals surface area contributed by atoms with Gasteiger partial charge in [-0.1, -0.05) is 49.6 Å². The smallest absolute Gasteiger partial charge is 0.130 e. The van der Waals surface area contributed by atoms with Gasteiger partial charge in [0.1, 0.15) is 5.67 Å². The minimum Gasteiger partial charge on any atom is -0.239 e. The molecule has 0 atom stereocenters. The average molecular weight is 255 g/mol. The zero-order chi connectivity index (χ0) is 13.6. The molecule has 0 spiro atoms. The molecule has 0 amide bonds. The van der Waals surface area contributed by atoms with E-state index in [1.165, 1.54) is 13.8 Å². The van der Waals surface area contributed by atoms with Crippen LogP contribution in [0.2, 0.25) is 0 Å². The van der Waals surface area contributed by atoms with Crippen LogP contribution in [0.4, 0.5) is 4.39 Å². The molecule has 0 aliphatic rings. The number of halogens is 2. The third-order valence-electron chi connectivity index (χ3n) is 2.38. The lowest BCUT2D eigenvalue weighted by atomic mass is 9.90. The van der Waals surface area contributed by atoms with Crippen molar-refractivity contribution in [2.75, 3.05) is 0 Å². The van der Waals surface area contributed by atoms with Crippen LogP contribution in [-0.4, -0.2) is 5.67 Å². The average Bonchev–Trinajstić information content (AvgIpc) is 2.21. The molecule has 0 radical (unpaired) electrons. The second-order valence-electron chi connectivity index (χ2n) is 4.35. The lowest BCUT2D eigenvalue weighted by Crippen LogP contribution is -2.16. The summed E-state index contributed by atoms with van der Waals surface area (Å²) in [6.07, 6.45) is 6.00. The van der Waals surface area contributed by atoms with E-state index in [9.17, 15) is 4.39 Å². The number of rotatable bonds is 6. The monoisotopic (exact) mass is 254 g/mol. The van der Waals surface area contributed by atoms with E-state index in [1.54, 1.807) is 0 Å². The molecule has 0 aromatic rings. The molecule has 2 heteroatoms. The maximum Gasteiger partial charge on any atom is 0.130 e. The molecule has 0 heterocycles. The fourth-order valence-electron chi connectivity index (χ4n) is 1.19. The molecule has 94 valence electrons. The molecule has 0 unspecified atom stereocenters. The Morgan fingerprint density at radius 3 is 2.18 bits per heavy atom. The minimum atomic E-state index is -1.46. The highest BCUT2D eigenvalue weighted by molar-refractivity contribution is 6.31. The van der Waals surface area contributed by atoms with Crippen molar-refractivity contribution in [3.05, 3.63) is 59.7 Å². The Hall–Kier alpha value is -1.08. The van der Waals surface area contributed by atoms with E-state index in [0.29, 0.717) is 22.6 Å². The summed E-state index contributed by atoms with van der Waals surface area (Å²) in [5.41, 5.74) is 0.436. The Morgan fingerprint density at radius 2 is 1.82 bits per heavy atom. The summed E-state index contributed by atoms with van der Waals surface area (Å²) in [7, 11) is 0. The molecule has 0 aliphatic carbocycles. The molecule has 0 N–H and O–H groups in total. The number of alkyl halides is 1. The summed E-state index contributed by atoms with van der Waals surface area (Å²) in [4.78, 5) is 0. The first-order valence-corrected chi connectivity index (χ1v) is 5.81. The molecular formula is C15H20ClF. The van der Waals surface area contributed by atoms with Crippen molar-refractivity contribution < 1.29 is 4.39 Å². The normalized spacial score (nSPS) is 12.9. The van der Waals surface area contributed by atoms with Crippen molar-refractivity contribution in [3.63, 3.8) is 0 Å². The van der Waals surface area contributed by atoms with Crippen molar-refractivity contribution >= 4 is 11.6 Å². The molecule has 0 aromatic carbocycles. The molecule has 0 aliphatic heterocycles. The van der Waals surface area contributed by atoms with E-state index in [4.69, 9.17) is 11.6 Å². The number of hydrogen-bond donors (Lipinski definition) is 0. The third-order valence-corrected chi connectivity index (χ3v) is 2.65. The molecule has 0 saturated carbocycles.